The van der Waals surface area contributed by atoms with Crippen molar-refractivity contribution in [3.8, 4) is 0 Å². The fourth-order valence-corrected chi connectivity index (χ4v) is 6.73. The quantitative estimate of drug-likeness (QED) is 0.356. The Bertz CT molecular complexity index is 1110. The van der Waals surface area contributed by atoms with E-state index in [4.69, 9.17) is 11.6 Å². The maximum absolute atomic E-state index is 14.9. The fourth-order valence-electron chi connectivity index (χ4n) is 5.33. The van der Waals surface area contributed by atoms with Gasteiger partial charge in [0.2, 0.25) is 11.3 Å². The summed E-state index contributed by atoms with van der Waals surface area (Å²) in [5.74, 6) is -15.0. The van der Waals surface area contributed by atoms with Crippen LogP contribution in [0.4, 0.5) is 26.3 Å². The number of rotatable bonds is 3. The Morgan fingerprint density at radius 2 is 1.77 bits per heavy atom. The van der Waals surface area contributed by atoms with E-state index in [0.29, 0.717) is 5.39 Å². The van der Waals surface area contributed by atoms with Crippen LogP contribution in [0, 0.1) is 17.8 Å². The predicted octanol–water partition coefficient (Wildman–Crippen LogP) is 5.63. The first kappa shape index (κ1) is 20.1. The summed E-state index contributed by atoms with van der Waals surface area (Å²) in [6, 6.07) is 7.05. The van der Waals surface area contributed by atoms with E-state index in [0.717, 1.165) is 22.3 Å². The summed E-state index contributed by atoms with van der Waals surface area (Å²) in [4.78, 5) is 12.5. The largest absolute Gasteiger partial charge is 0.350 e. The van der Waals surface area contributed by atoms with E-state index in [9.17, 15) is 31.1 Å². The average molecular weight is 467 g/mol. The molecule has 2 aromatic rings. The number of hydrogen-bond donors (Lipinski definition) is 1. The van der Waals surface area contributed by atoms with Gasteiger partial charge in [-0.2, -0.15) is 22.7 Å². The van der Waals surface area contributed by atoms with Gasteiger partial charge in [-0.3, -0.25) is 4.79 Å². The number of alkyl halides is 6. The van der Waals surface area contributed by atoms with Crippen molar-refractivity contribution in [2.45, 2.75) is 36.0 Å². The van der Waals surface area contributed by atoms with Crippen LogP contribution >= 0.6 is 22.9 Å². The molecule has 11 heteroatoms. The number of hydrazone groups is 1. The third kappa shape index (κ3) is 2.00. The summed E-state index contributed by atoms with van der Waals surface area (Å²) in [7, 11) is 0. The van der Waals surface area contributed by atoms with Crippen molar-refractivity contribution in [2.75, 3.05) is 0 Å². The number of carbonyl (C=O) groups is 1. The molecule has 3 fully saturated rings. The SMILES string of the molecule is O=C(N/N=C\[C@H]1C[C@@H]2C[C@@H]1[C@@]1(F)C(F)(F)C(F)(F)[C@@]21F)c1sc2ccccc2c1Cl. The van der Waals surface area contributed by atoms with Crippen LogP contribution in [0.2, 0.25) is 5.02 Å². The van der Waals surface area contributed by atoms with E-state index in [1.54, 1.807) is 24.3 Å². The zero-order valence-electron chi connectivity index (χ0n) is 14.9. The highest BCUT2D eigenvalue weighted by atomic mass is 35.5. The predicted molar refractivity (Wildman–Crippen MR) is 100 cm³/mol. The molecule has 0 spiro atoms. The van der Waals surface area contributed by atoms with Crippen molar-refractivity contribution >= 4 is 45.1 Å². The van der Waals surface area contributed by atoms with Crippen molar-refractivity contribution in [2.24, 2.45) is 22.9 Å². The van der Waals surface area contributed by atoms with E-state index in [1.165, 1.54) is 0 Å². The molecule has 1 heterocycles. The van der Waals surface area contributed by atoms with Crippen LogP contribution < -0.4 is 5.43 Å². The lowest BCUT2D eigenvalue weighted by atomic mass is 9.53. The highest BCUT2D eigenvalue weighted by molar-refractivity contribution is 7.21. The molecule has 5 atom stereocenters. The number of amides is 1. The zero-order chi connectivity index (χ0) is 21.7. The molecule has 3 aliphatic carbocycles. The number of hydrogen-bond acceptors (Lipinski definition) is 3. The van der Waals surface area contributed by atoms with Gasteiger partial charge in [-0.05, 0) is 18.9 Å². The Kier molecular flexibility index (Phi) is 3.96. The summed E-state index contributed by atoms with van der Waals surface area (Å²) >= 11 is 7.32. The van der Waals surface area contributed by atoms with Crippen LogP contribution in [-0.2, 0) is 0 Å². The van der Waals surface area contributed by atoms with Gasteiger partial charge in [0.05, 0.1) is 5.02 Å². The number of thiophene rings is 1. The van der Waals surface area contributed by atoms with E-state index in [2.05, 4.69) is 10.5 Å². The number of carbonyl (C=O) groups excluding carboxylic acids is 1. The number of halogens is 7. The molecule has 1 aromatic heterocycles. The molecular weight excluding hydrogens is 454 g/mol. The maximum atomic E-state index is 14.9. The Hall–Kier alpha value is -1.81. The maximum Gasteiger partial charge on any atom is 0.350 e. The minimum atomic E-state index is -5.09. The molecule has 3 saturated carbocycles. The van der Waals surface area contributed by atoms with Crippen LogP contribution in [0.15, 0.2) is 29.4 Å². The van der Waals surface area contributed by atoms with E-state index in [-0.39, 0.29) is 16.3 Å². The molecule has 3 aliphatic rings. The Balaban J connectivity index is 1.33. The van der Waals surface area contributed by atoms with E-state index < -0.39 is 53.3 Å². The van der Waals surface area contributed by atoms with Gasteiger partial charge in [0.15, 0.2) is 0 Å². The lowest BCUT2D eigenvalue weighted by Gasteiger charge is -2.61. The lowest BCUT2D eigenvalue weighted by Crippen LogP contribution is -2.88. The molecular formula is C19H13ClF6N2OS. The molecule has 0 unspecified atom stereocenters. The van der Waals surface area contributed by atoms with Gasteiger partial charge in [-0.25, -0.2) is 14.2 Å². The summed E-state index contributed by atoms with van der Waals surface area (Å²) in [6.07, 6.45) is 0.351. The Morgan fingerprint density at radius 3 is 2.47 bits per heavy atom. The molecule has 1 N–H and O–H groups in total. The molecule has 160 valence electrons. The molecule has 30 heavy (non-hydrogen) atoms. The molecule has 0 radical (unpaired) electrons. The fraction of sp³-hybridized carbons (Fsp3) is 0.474. The van der Waals surface area contributed by atoms with Crippen molar-refractivity contribution in [3.63, 3.8) is 0 Å². The number of nitrogens with one attached hydrogen (secondary N) is 1. The third-order valence-electron chi connectivity index (χ3n) is 6.70. The van der Waals surface area contributed by atoms with Gasteiger partial charge in [-0.15, -0.1) is 11.3 Å². The van der Waals surface area contributed by atoms with Gasteiger partial charge in [0.1, 0.15) is 4.88 Å². The highest BCUT2D eigenvalue weighted by Gasteiger charge is 3.03. The second kappa shape index (κ2) is 5.91. The topological polar surface area (TPSA) is 41.5 Å². The molecule has 0 aliphatic heterocycles. The van der Waals surface area contributed by atoms with Crippen LogP contribution in [0.5, 0.6) is 0 Å². The van der Waals surface area contributed by atoms with Gasteiger partial charge < -0.3 is 0 Å². The number of benzene rings is 1. The van der Waals surface area contributed by atoms with Crippen LogP contribution in [-0.4, -0.2) is 35.3 Å². The Morgan fingerprint density at radius 1 is 1.10 bits per heavy atom. The normalized spacial score (nSPS) is 38.0. The molecule has 1 aromatic carbocycles. The van der Waals surface area contributed by atoms with Crippen molar-refractivity contribution < 1.29 is 31.1 Å². The van der Waals surface area contributed by atoms with Gasteiger partial charge in [0, 0.05) is 34.1 Å². The monoisotopic (exact) mass is 466 g/mol. The second-order valence-corrected chi connectivity index (χ2v) is 9.40. The summed E-state index contributed by atoms with van der Waals surface area (Å²) < 4.78 is 85.5. The number of nitrogens with zero attached hydrogens (tertiary/aromatic N) is 1. The number of fused-ring (bicyclic) bond motifs is 6. The lowest BCUT2D eigenvalue weighted by molar-refractivity contribution is -0.449. The minimum Gasteiger partial charge on any atom is -0.266 e. The van der Waals surface area contributed by atoms with Gasteiger partial charge in [0.25, 0.3) is 5.91 Å². The summed E-state index contributed by atoms with van der Waals surface area (Å²) in [5, 5.41) is 4.59. The molecule has 3 nitrogen and oxygen atoms in total. The molecule has 5 rings (SSSR count). The van der Waals surface area contributed by atoms with Crippen LogP contribution in [0.1, 0.15) is 22.5 Å². The van der Waals surface area contributed by atoms with Gasteiger partial charge >= 0.3 is 11.8 Å². The molecule has 2 bridgehead atoms. The average Bonchev–Trinajstić information content (AvgIpc) is 3.33. The van der Waals surface area contributed by atoms with Gasteiger partial charge in [-0.1, -0.05) is 29.8 Å². The smallest absolute Gasteiger partial charge is 0.266 e. The summed E-state index contributed by atoms with van der Waals surface area (Å²) in [5.41, 5.74) is -5.62. The first-order valence-electron chi connectivity index (χ1n) is 9.12. The summed E-state index contributed by atoms with van der Waals surface area (Å²) in [6.45, 7) is 0. The molecule has 0 saturated heterocycles. The standard InChI is InChI=1S/C19H13ClF6N2OS/c20-13-10-3-1-2-4-12(10)30-14(13)15(29)28-27-7-8-5-9-6-11(8)17(22)16(9,21)18(23,24)19(17,25)26/h1-4,7-9,11H,5-6H2,(H,28,29)/b27-7-/t8-,9-,11+,16-,17+/m1/s1. The van der Waals surface area contributed by atoms with E-state index in [1.807, 2.05) is 0 Å². The minimum absolute atomic E-state index is 0.179. The highest BCUT2D eigenvalue weighted by Crippen LogP contribution is 2.81. The first-order valence-corrected chi connectivity index (χ1v) is 10.3. The second-order valence-electron chi connectivity index (χ2n) is 7.97. The van der Waals surface area contributed by atoms with Crippen molar-refractivity contribution in [1.29, 1.82) is 0 Å². The first-order chi connectivity index (χ1) is 14.0. The van der Waals surface area contributed by atoms with Crippen LogP contribution in [0.3, 0.4) is 0 Å². The van der Waals surface area contributed by atoms with E-state index >= 15 is 0 Å². The third-order valence-corrected chi connectivity index (χ3v) is 8.37. The zero-order valence-corrected chi connectivity index (χ0v) is 16.5. The van der Waals surface area contributed by atoms with Crippen LogP contribution in [0.25, 0.3) is 10.1 Å². The van der Waals surface area contributed by atoms with Crippen molar-refractivity contribution in [1.82, 2.24) is 5.43 Å². The Labute approximate surface area is 175 Å². The van der Waals surface area contributed by atoms with Crippen molar-refractivity contribution in [3.05, 3.63) is 34.2 Å². The molecule has 1 amide bonds.